The van der Waals surface area contributed by atoms with E-state index < -0.39 is 26.7 Å². The Balaban J connectivity index is 2.18. The molecular formula is C13H14Cl3NO4S. The van der Waals surface area contributed by atoms with Gasteiger partial charge in [-0.2, -0.15) is 13.1 Å². The minimum absolute atomic E-state index is 0.00337. The number of Topliss-reactive ketones (excluding diaryl/α,β-unsaturated/α-hetero) is 1. The monoisotopic (exact) mass is 385 g/mol. The topological polar surface area (TPSA) is 72.5 Å². The SMILES string of the molecule is Cc1ccc2c(c1)C(=O)CCC2NS(=O)(=O)OCC(Cl)(Cl)Cl. The van der Waals surface area contributed by atoms with Gasteiger partial charge in [0.15, 0.2) is 5.78 Å². The molecule has 0 saturated heterocycles. The van der Waals surface area contributed by atoms with E-state index >= 15 is 0 Å². The quantitative estimate of drug-likeness (QED) is 0.806. The highest BCUT2D eigenvalue weighted by molar-refractivity contribution is 7.84. The van der Waals surface area contributed by atoms with Gasteiger partial charge in [-0.15, -0.1) is 0 Å². The van der Waals surface area contributed by atoms with Crippen molar-refractivity contribution in [3.05, 3.63) is 34.9 Å². The molecule has 1 unspecified atom stereocenters. The number of halogens is 3. The van der Waals surface area contributed by atoms with E-state index in [1.807, 2.05) is 13.0 Å². The molecule has 0 amide bonds. The van der Waals surface area contributed by atoms with E-state index in [4.69, 9.17) is 34.8 Å². The van der Waals surface area contributed by atoms with Crippen molar-refractivity contribution < 1.29 is 17.4 Å². The fourth-order valence-electron chi connectivity index (χ4n) is 2.26. The number of alkyl halides is 3. The van der Waals surface area contributed by atoms with Crippen LogP contribution < -0.4 is 4.72 Å². The fourth-order valence-corrected chi connectivity index (χ4v) is 3.61. The molecule has 0 bridgehead atoms. The second-order valence-electron chi connectivity index (χ2n) is 5.05. The van der Waals surface area contributed by atoms with Crippen LogP contribution in [0, 0.1) is 6.92 Å². The number of hydrogen-bond acceptors (Lipinski definition) is 4. The Bertz CT molecular complexity index is 685. The summed E-state index contributed by atoms with van der Waals surface area (Å²) in [6, 6.07) is 4.76. The number of benzene rings is 1. The maximum Gasteiger partial charge on any atom is 0.336 e. The van der Waals surface area contributed by atoms with Gasteiger partial charge in [0.1, 0.15) is 6.61 Å². The van der Waals surface area contributed by atoms with E-state index in [9.17, 15) is 13.2 Å². The number of rotatable bonds is 4. The van der Waals surface area contributed by atoms with Crippen molar-refractivity contribution in [3.8, 4) is 0 Å². The van der Waals surface area contributed by atoms with Crippen LogP contribution in [-0.2, 0) is 14.5 Å². The molecule has 0 aliphatic heterocycles. The van der Waals surface area contributed by atoms with Crippen molar-refractivity contribution in [1.29, 1.82) is 0 Å². The lowest BCUT2D eigenvalue weighted by molar-refractivity contribution is 0.0965. The molecule has 1 aliphatic carbocycles. The van der Waals surface area contributed by atoms with Crippen molar-refractivity contribution in [1.82, 2.24) is 4.72 Å². The van der Waals surface area contributed by atoms with Crippen LogP contribution in [0.5, 0.6) is 0 Å². The van der Waals surface area contributed by atoms with Crippen molar-refractivity contribution in [2.45, 2.75) is 29.6 Å². The van der Waals surface area contributed by atoms with Crippen LogP contribution in [-0.4, -0.2) is 24.6 Å². The van der Waals surface area contributed by atoms with Gasteiger partial charge in [0.25, 0.3) is 0 Å². The van der Waals surface area contributed by atoms with Crippen LogP contribution in [0.15, 0.2) is 18.2 Å². The summed E-state index contributed by atoms with van der Waals surface area (Å²) in [5.74, 6) is -0.00337. The molecule has 0 heterocycles. The molecule has 0 fully saturated rings. The first-order valence-corrected chi connectivity index (χ1v) is 8.99. The Hall–Kier alpha value is -0.370. The van der Waals surface area contributed by atoms with Gasteiger partial charge in [0.2, 0.25) is 3.79 Å². The smallest absolute Gasteiger partial charge is 0.294 e. The Labute approximate surface area is 144 Å². The van der Waals surface area contributed by atoms with Gasteiger partial charge in [0.05, 0.1) is 0 Å². The van der Waals surface area contributed by atoms with Gasteiger partial charge in [-0.25, -0.2) is 0 Å². The summed E-state index contributed by atoms with van der Waals surface area (Å²) in [4.78, 5) is 11.9. The van der Waals surface area contributed by atoms with Gasteiger partial charge >= 0.3 is 10.3 Å². The highest BCUT2D eigenvalue weighted by Crippen LogP contribution is 2.31. The molecule has 122 valence electrons. The van der Waals surface area contributed by atoms with Crippen LogP contribution in [0.1, 0.15) is 40.4 Å². The van der Waals surface area contributed by atoms with E-state index in [-0.39, 0.29) is 12.2 Å². The highest BCUT2D eigenvalue weighted by Gasteiger charge is 2.31. The number of carbonyl (C=O) groups excluding carboxylic acids is 1. The molecule has 1 atom stereocenters. The molecule has 1 aliphatic rings. The van der Waals surface area contributed by atoms with Crippen LogP contribution >= 0.6 is 34.8 Å². The second-order valence-corrected chi connectivity index (χ2v) is 8.95. The van der Waals surface area contributed by atoms with Gasteiger partial charge in [-0.1, -0.05) is 52.5 Å². The molecule has 0 spiro atoms. The summed E-state index contributed by atoms with van der Waals surface area (Å²) in [5.41, 5.74) is 2.09. The molecule has 1 aromatic rings. The van der Waals surface area contributed by atoms with Crippen molar-refractivity contribution in [2.24, 2.45) is 0 Å². The molecule has 0 radical (unpaired) electrons. The second kappa shape index (κ2) is 6.63. The number of nitrogens with one attached hydrogen (secondary N) is 1. The number of hydrogen-bond donors (Lipinski definition) is 1. The van der Waals surface area contributed by atoms with E-state index in [1.54, 1.807) is 12.1 Å². The van der Waals surface area contributed by atoms with Gasteiger partial charge in [-0.05, 0) is 25.0 Å². The Kier molecular flexibility index (Phi) is 5.42. The fraction of sp³-hybridized carbons (Fsp3) is 0.462. The molecule has 0 aromatic heterocycles. The summed E-state index contributed by atoms with van der Waals surface area (Å²) in [7, 11) is -4.10. The zero-order valence-corrected chi connectivity index (χ0v) is 14.7. The molecule has 1 aromatic carbocycles. The Morgan fingerprint density at radius 1 is 1.36 bits per heavy atom. The third-order valence-electron chi connectivity index (χ3n) is 3.21. The zero-order valence-electron chi connectivity index (χ0n) is 11.6. The summed E-state index contributed by atoms with van der Waals surface area (Å²) in [6.45, 7) is 1.27. The van der Waals surface area contributed by atoms with Gasteiger partial charge in [0, 0.05) is 18.0 Å². The predicted molar refractivity (Wildman–Crippen MR) is 85.8 cm³/mol. The number of ketones is 1. The first-order chi connectivity index (χ1) is 10.1. The molecule has 1 N–H and O–H groups in total. The number of fused-ring (bicyclic) bond motifs is 1. The Morgan fingerprint density at radius 3 is 2.68 bits per heavy atom. The lowest BCUT2D eigenvalue weighted by Gasteiger charge is -2.25. The van der Waals surface area contributed by atoms with E-state index in [1.165, 1.54) is 0 Å². The summed E-state index contributed by atoms with van der Waals surface area (Å²) >= 11 is 16.4. The first-order valence-electron chi connectivity index (χ1n) is 6.44. The summed E-state index contributed by atoms with van der Waals surface area (Å²) in [5, 5.41) is 0. The predicted octanol–water partition coefficient (Wildman–Crippen LogP) is 3.23. The summed E-state index contributed by atoms with van der Waals surface area (Å²) < 4.78 is 29.0. The van der Waals surface area contributed by atoms with Crippen molar-refractivity contribution >= 4 is 50.9 Å². The molecular weight excluding hydrogens is 373 g/mol. The maximum absolute atomic E-state index is 11.9. The van der Waals surface area contributed by atoms with Crippen LogP contribution in [0.3, 0.4) is 0 Å². The van der Waals surface area contributed by atoms with Crippen LogP contribution in [0.4, 0.5) is 0 Å². The largest absolute Gasteiger partial charge is 0.336 e. The summed E-state index contributed by atoms with van der Waals surface area (Å²) in [6.07, 6.45) is 0.610. The number of aryl methyl sites for hydroxylation is 1. The van der Waals surface area contributed by atoms with E-state index in [0.29, 0.717) is 17.5 Å². The maximum atomic E-state index is 11.9. The normalized spacial score (nSPS) is 19.1. The Morgan fingerprint density at radius 2 is 2.05 bits per heavy atom. The molecule has 5 nitrogen and oxygen atoms in total. The average Bonchev–Trinajstić information content (AvgIpc) is 2.39. The first kappa shape index (κ1) is 18.0. The standard InChI is InChI=1S/C13H14Cl3NO4S/c1-8-2-3-9-10(6-8)12(18)5-4-11(9)17-22(19,20)21-7-13(14,15)16/h2-3,6,11,17H,4-5,7H2,1H3. The third-order valence-corrected chi connectivity index (χ3v) is 4.54. The number of carbonyl (C=O) groups is 1. The molecule has 22 heavy (non-hydrogen) atoms. The third kappa shape index (κ3) is 4.81. The highest BCUT2D eigenvalue weighted by atomic mass is 35.6. The average molecular weight is 387 g/mol. The lowest BCUT2D eigenvalue weighted by Crippen LogP contribution is -2.35. The minimum Gasteiger partial charge on any atom is -0.294 e. The van der Waals surface area contributed by atoms with Crippen LogP contribution in [0.25, 0.3) is 0 Å². The molecule has 0 saturated carbocycles. The van der Waals surface area contributed by atoms with E-state index in [2.05, 4.69) is 8.91 Å². The zero-order chi connectivity index (χ0) is 16.5. The lowest BCUT2D eigenvalue weighted by atomic mass is 9.86. The minimum atomic E-state index is -4.10. The molecule has 9 heteroatoms. The van der Waals surface area contributed by atoms with E-state index in [0.717, 1.165) is 5.56 Å². The van der Waals surface area contributed by atoms with Gasteiger partial charge < -0.3 is 0 Å². The molecule has 2 rings (SSSR count). The van der Waals surface area contributed by atoms with Gasteiger partial charge in [-0.3, -0.25) is 8.98 Å². The van der Waals surface area contributed by atoms with Crippen molar-refractivity contribution in [3.63, 3.8) is 0 Å². The van der Waals surface area contributed by atoms with Crippen LogP contribution in [0.2, 0.25) is 0 Å². The van der Waals surface area contributed by atoms with Crippen molar-refractivity contribution in [2.75, 3.05) is 6.61 Å².